The van der Waals surface area contributed by atoms with Crippen LogP contribution in [0.25, 0.3) is 11.6 Å². The molecule has 9 heteroatoms. The Morgan fingerprint density at radius 3 is 3.10 bits per heavy atom. The molecule has 1 atom stereocenters. The zero-order chi connectivity index (χ0) is 14.1. The van der Waals surface area contributed by atoms with Crippen molar-refractivity contribution in [1.82, 2.24) is 15.2 Å². The van der Waals surface area contributed by atoms with Crippen molar-refractivity contribution in [1.29, 1.82) is 0 Å². The number of anilines is 1. The molecule has 3 rings (SSSR count). The maximum Gasteiger partial charge on any atom is 0.433 e. The fourth-order valence-corrected chi connectivity index (χ4v) is 2.25. The van der Waals surface area contributed by atoms with Crippen LogP contribution in [0.1, 0.15) is 12.8 Å². The predicted molar refractivity (Wildman–Crippen MR) is 70.2 cm³/mol. The van der Waals surface area contributed by atoms with E-state index in [1.165, 1.54) is 12.1 Å². The van der Waals surface area contributed by atoms with Gasteiger partial charge in [0.25, 0.3) is 0 Å². The lowest BCUT2D eigenvalue weighted by atomic mass is 10.1. The molecule has 1 saturated heterocycles. The van der Waals surface area contributed by atoms with Crippen molar-refractivity contribution in [3.8, 4) is 11.6 Å². The molecule has 0 radical (unpaired) electrons. The molecular formula is C11H14N6O3. The number of aromatic nitrogens is 3. The fourth-order valence-electron chi connectivity index (χ4n) is 2.25. The summed E-state index contributed by atoms with van der Waals surface area (Å²) in [6.45, 7) is 1.55. The summed E-state index contributed by atoms with van der Waals surface area (Å²) in [7, 11) is 0. The third-order valence-corrected chi connectivity index (χ3v) is 3.22. The number of furan rings is 1. The molecule has 1 unspecified atom stereocenters. The SMILES string of the molecule is NC1CCCN(c2n[nH]c(-c3ccc([N+](=O)[O-])o3)n2)C1. The van der Waals surface area contributed by atoms with Gasteiger partial charge in [-0.2, -0.15) is 4.98 Å². The lowest BCUT2D eigenvalue weighted by Crippen LogP contribution is -2.43. The lowest BCUT2D eigenvalue weighted by Gasteiger charge is -2.29. The third kappa shape index (κ3) is 2.35. The van der Waals surface area contributed by atoms with Crippen molar-refractivity contribution in [2.75, 3.05) is 18.0 Å². The molecule has 1 aliphatic rings. The Morgan fingerprint density at radius 1 is 1.55 bits per heavy atom. The second-order valence-corrected chi connectivity index (χ2v) is 4.73. The van der Waals surface area contributed by atoms with E-state index in [0.29, 0.717) is 18.3 Å². The third-order valence-electron chi connectivity index (χ3n) is 3.22. The first-order chi connectivity index (χ1) is 9.63. The number of piperidine rings is 1. The zero-order valence-corrected chi connectivity index (χ0v) is 10.7. The summed E-state index contributed by atoms with van der Waals surface area (Å²) < 4.78 is 5.08. The van der Waals surface area contributed by atoms with E-state index >= 15 is 0 Å². The van der Waals surface area contributed by atoms with Gasteiger partial charge in [-0.05, 0) is 18.9 Å². The summed E-state index contributed by atoms with van der Waals surface area (Å²) in [6.07, 6.45) is 2.00. The van der Waals surface area contributed by atoms with Gasteiger partial charge in [0.15, 0.2) is 11.6 Å². The van der Waals surface area contributed by atoms with Gasteiger partial charge in [0.2, 0.25) is 5.95 Å². The first-order valence-corrected chi connectivity index (χ1v) is 6.31. The Balaban J connectivity index is 1.80. The highest BCUT2D eigenvalue weighted by Crippen LogP contribution is 2.25. The molecule has 106 valence electrons. The van der Waals surface area contributed by atoms with Crippen molar-refractivity contribution in [2.45, 2.75) is 18.9 Å². The minimum absolute atomic E-state index is 0.121. The number of nitrogens with one attached hydrogen (secondary N) is 1. The number of aromatic amines is 1. The van der Waals surface area contributed by atoms with Crippen molar-refractivity contribution >= 4 is 11.8 Å². The van der Waals surface area contributed by atoms with Gasteiger partial charge >= 0.3 is 5.88 Å². The zero-order valence-electron chi connectivity index (χ0n) is 10.7. The van der Waals surface area contributed by atoms with E-state index in [0.717, 1.165) is 19.4 Å². The van der Waals surface area contributed by atoms with E-state index in [1.54, 1.807) is 0 Å². The molecule has 9 nitrogen and oxygen atoms in total. The van der Waals surface area contributed by atoms with Gasteiger partial charge in [-0.3, -0.25) is 15.2 Å². The van der Waals surface area contributed by atoms with Crippen LogP contribution in [0.5, 0.6) is 0 Å². The van der Waals surface area contributed by atoms with E-state index in [9.17, 15) is 10.1 Å². The van der Waals surface area contributed by atoms with E-state index in [1.807, 2.05) is 4.90 Å². The topological polar surface area (TPSA) is 127 Å². The molecule has 0 bridgehead atoms. The van der Waals surface area contributed by atoms with Gasteiger partial charge in [0.05, 0.1) is 6.07 Å². The molecule has 2 aromatic rings. The maximum absolute atomic E-state index is 10.6. The van der Waals surface area contributed by atoms with Gasteiger partial charge in [-0.25, -0.2) is 0 Å². The van der Waals surface area contributed by atoms with Crippen LogP contribution >= 0.6 is 0 Å². The van der Waals surface area contributed by atoms with E-state index in [2.05, 4.69) is 15.2 Å². The van der Waals surface area contributed by atoms with Crippen LogP contribution in [0.4, 0.5) is 11.8 Å². The Bertz CT molecular complexity index is 621. The van der Waals surface area contributed by atoms with Crippen LogP contribution in [0.2, 0.25) is 0 Å². The van der Waals surface area contributed by atoms with Crippen LogP contribution in [0.15, 0.2) is 16.5 Å². The average molecular weight is 278 g/mol. The van der Waals surface area contributed by atoms with E-state index in [-0.39, 0.29) is 17.7 Å². The molecule has 2 aromatic heterocycles. The fraction of sp³-hybridized carbons (Fsp3) is 0.455. The van der Waals surface area contributed by atoms with Crippen molar-refractivity contribution in [2.24, 2.45) is 5.73 Å². The number of hydrogen-bond acceptors (Lipinski definition) is 7. The van der Waals surface area contributed by atoms with Gasteiger partial charge < -0.3 is 15.1 Å². The first-order valence-electron chi connectivity index (χ1n) is 6.31. The number of rotatable bonds is 3. The molecule has 1 aliphatic heterocycles. The molecule has 3 N–H and O–H groups in total. The highest BCUT2D eigenvalue weighted by atomic mass is 16.6. The summed E-state index contributed by atoms with van der Waals surface area (Å²) in [5.41, 5.74) is 5.92. The molecule has 3 heterocycles. The van der Waals surface area contributed by atoms with Crippen molar-refractivity contribution in [3.63, 3.8) is 0 Å². The van der Waals surface area contributed by atoms with Gasteiger partial charge in [-0.15, -0.1) is 5.10 Å². The summed E-state index contributed by atoms with van der Waals surface area (Å²) >= 11 is 0. The molecule has 0 amide bonds. The average Bonchev–Trinajstić information content (AvgIpc) is 3.08. The van der Waals surface area contributed by atoms with Crippen LogP contribution < -0.4 is 10.6 Å². The quantitative estimate of drug-likeness (QED) is 0.630. The Morgan fingerprint density at radius 2 is 2.40 bits per heavy atom. The van der Waals surface area contributed by atoms with Crippen LogP contribution in [0, 0.1) is 10.1 Å². The highest BCUT2D eigenvalue weighted by Gasteiger charge is 2.22. The van der Waals surface area contributed by atoms with Crippen LogP contribution in [-0.4, -0.2) is 39.2 Å². The monoisotopic (exact) mass is 278 g/mol. The molecule has 20 heavy (non-hydrogen) atoms. The van der Waals surface area contributed by atoms with Crippen LogP contribution in [-0.2, 0) is 0 Å². The second-order valence-electron chi connectivity index (χ2n) is 4.73. The Hall–Kier alpha value is -2.42. The molecule has 0 aliphatic carbocycles. The summed E-state index contributed by atoms with van der Waals surface area (Å²) in [5.74, 6) is 0.871. The first kappa shape index (κ1) is 12.6. The number of H-pyrrole nitrogens is 1. The van der Waals surface area contributed by atoms with Gasteiger partial charge in [0.1, 0.15) is 4.92 Å². The molecule has 0 spiro atoms. The molecule has 0 saturated carbocycles. The minimum Gasteiger partial charge on any atom is -0.397 e. The predicted octanol–water partition coefficient (Wildman–Crippen LogP) is 0.900. The summed E-state index contributed by atoms with van der Waals surface area (Å²) in [5, 5.41) is 17.4. The number of nitrogens with two attached hydrogens (primary N) is 1. The van der Waals surface area contributed by atoms with Crippen LogP contribution in [0.3, 0.4) is 0 Å². The number of nitrogens with zero attached hydrogens (tertiary/aromatic N) is 4. The largest absolute Gasteiger partial charge is 0.433 e. The maximum atomic E-state index is 10.6. The molecular weight excluding hydrogens is 264 g/mol. The van der Waals surface area contributed by atoms with Gasteiger partial charge in [-0.1, -0.05) is 0 Å². The number of hydrogen-bond donors (Lipinski definition) is 2. The molecule has 0 aromatic carbocycles. The highest BCUT2D eigenvalue weighted by molar-refractivity contribution is 5.51. The normalized spacial score (nSPS) is 19.2. The lowest BCUT2D eigenvalue weighted by molar-refractivity contribution is -0.401. The van der Waals surface area contributed by atoms with E-state index in [4.69, 9.17) is 10.2 Å². The number of nitro groups is 1. The van der Waals surface area contributed by atoms with Crippen molar-refractivity contribution in [3.05, 3.63) is 22.2 Å². The Kier molecular flexibility index (Phi) is 3.11. The minimum atomic E-state index is -0.593. The Labute approximate surface area is 113 Å². The van der Waals surface area contributed by atoms with Gasteiger partial charge in [0, 0.05) is 19.1 Å². The summed E-state index contributed by atoms with van der Waals surface area (Å²) in [4.78, 5) is 16.3. The van der Waals surface area contributed by atoms with Crippen molar-refractivity contribution < 1.29 is 9.34 Å². The second kappa shape index (κ2) is 4.93. The molecule has 1 fully saturated rings. The standard InChI is InChI=1S/C11H14N6O3/c12-7-2-1-5-16(6-7)11-13-10(14-15-11)8-3-4-9(20-8)17(18)19/h3-4,7H,1-2,5-6,12H2,(H,13,14,15). The van der Waals surface area contributed by atoms with E-state index < -0.39 is 4.92 Å². The smallest absolute Gasteiger partial charge is 0.397 e. The summed E-state index contributed by atoms with van der Waals surface area (Å²) in [6, 6.07) is 2.90.